The first-order valence-electron chi connectivity index (χ1n) is 7.02. The molecule has 1 aliphatic rings. The topological polar surface area (TPSA) is 38.0 Å². The molecular formula is C16H20N2S. The lowest BCUT2D eigenvalue weighted by molar-refractivity contribution is 0.601. The molecule has 100 valence electrons. The summed E-state index contributed by atoms with van der Waals surface area (Å²) >= 11 is 1.85. The van der Waals surface area contributed by atoms with E-state index in [1.54, 1.807) is 0 Å². The molecule has 3 rings (SSSR count). The molecule has 2 nitrogen and oxygen atoms in total. The fourth-order valence-corrected chi connectivity index (χ4v) is 3.99. The van der Waals surface area contributed by atoms with Crippen LogP contribution in [0.1, 0.15) is 43.0 Å². The number of hydrogen-bond acceptors (Lipinski definition) is 3. The predicted molar refractivity (Wildman–Crippen MR) is 83.1 cm³/mol. The maximum atomic E-state index is 5.82. The number of benzene rings is 1. The first-order chi connectivity index (χ1) is 9.38. The third kappa shape index (κ3) is 2.73. The monoisotopic (exact) mass is 272 g/mol. The van der Waals surface area contributed by atoms with Crippen LogP contribution >= 0.6 is 11.3 Å². The Hall–Kier alpha value is -1.16. The highest BCUT2D eigenvalue weighted by Gasteiger charge is 2.18. The molecule has 3 heteroatoms. The van der Waals surface area contributed by atoms with Crippen molar-refractivity contribution in [3.8, 4) is 0 Å². The van der Waals surface area contributed by atoms with Gasteiger partial charge in [0.25, 0.3) is 0 Å². The van der Waals surface area contributed by atoms with Crippen LogP contribution in [-0.2, 0) is 0 Å². The largest absolute Gasteiger partial charge is 0.271 e. The highest BCUT2D eigenvalue weighted by molar-refractivity contribution is 7.19. The van der Waals surface area contributed by atoms with Crippen LogP contribution in [0.3, 0.4) is 0 Å². The van der Waals surface area contributed by atoms with Gasteiger partial charge in [0.1, 0.15) is 0 Å². The van der Waals surface area contributed by atoms with Crippen LogP contribution in [0.15, 0.2) is 42.0 Å². The fourth-order valence-electron chi connectivity index (χ4n) is 2.82. The maximum absolute atomic E-state index is 5.82. The summed E-state index contributed by atoms with van der Waals surface area (Å²) in [6.45, 7) is 0. The van der Waals surface area contributed by atoms with Gasteiger partial charge in [-0.25, -0.2) is 5.43 Å². The molecule has 19 heavy (non-hydrogen) atoms. The minimum Gasteiger partial charge on any atom is -0.271 e. The highest BCUT2D eigenvalue weighted by atomic mass is 32.1. The van der Waals surface area contributed by atoms with Crippen LogP contribution in [0.5, 0.6) is 0 Å². The number of nitrogens with one attached hydrogen (secondary N) is 1. The molecule has 1 unspecified atom stereocenters. The third-order valence-electron chi connectivity index (χ3n) is 3.84. The van der Waals surface area contributed by atoms with Crippen LogP contribution in [0.2, 0.25) is 0 Å². The molecule has 0 fully saturated rings. The predicted octanol–water partition coefficient (Wildman–Crippen LogP) is 4.30. The van der Waals surface area contributed by atoms with Gasteiger partial charge in [-0.3, -0.25) is 5.84 Å². The summed E-state index contributed by atoms with van der Waals surface area (Å²) in [5.74, 6) is 5.82. The molecule has 0 saturated heterocycles. The molecule has 0 amide bonds. The lowest BCUT2D eigenvalue weighted by Gasteiger charge is -2.17. The average molecular weight is 272 g/mol. The van der Waals surface area contributed by atoms with Crippen LogP contribution < -0.4 is 11.3 Å². The summed E-state index contributed by atoms with van der Waals surface area (Å²) in [7, 11) is 0. The van der Waals surface area contributed by atoms with Crippen LogP contribution in [0.4, 0.5) is 0 Å². The second kappa shape index (κ2) is 5.87. The Balaban J connectivity index is 1.94. The zero-order chi connectivity index (χ0) is 13.1. The van der Waals surface area contributed by atoms with Crippen molar-refractivity contribution in [2.75, 3.05) is 0 Å². The SMILES string of the molecule is NNC(C1=CCCCCC1)c1cc2ccccc2s1. The summed E-state index contributed by atoms with van der Waals surface area (Å²) in [4.78, 5) is 1.33. The number of allylic oxidation sites excluding steroid dienone is 1. The smallest absolute Gasteiger partial charge is 0.0763 e. The lowest BCUT2D eigenvalue weighted by atomic mass is 10.0. The third-order valence-corrected chi connectivity index (χ3v) is 5.02. The Morgan fingerprint density at radius 1 is 1.16 bits per heavy atom. The van der Waals surface area contributed by atoms with Gasteiger partial charge in [0.15, 0.2) is 0 Å². The van der Waals surface area contributed by atoms with Gasteiger partial charge in [0, 0.05) is 9.58 Å². The van der Waals surface area contributed by atoms with E-state index >= 15 is 0 Å². The number of hydrazine groups is 1. The molecule has 0 saturated carbocycles. The van der Waals surface area contributed by atoms with Crippen molar-refractivity contribution in [2.24, 2.45) is 5.84 Å². The number of fused-ring (bicyclic) bond motifs is 1. The summed E-state index contributed by atoms with van der Waals surface area (Å²) in [6, 6.07) is 11.0. The van der Waals surface area contributed by atoms with Gasteiger partial charge in [0.05, 0.1) is 6.04 Å². The lowest BCUT2D eigenvalue weighted by Crippen LogP contribution is -2.28. The van der Waals surface area contributed by atoms with E-state index in [4.69, 9.17) is 5.84 Å². The number of rotatable bonds is 3. The molecule has 0 bridgehead atoms. The Labute approximate surface area is 118 Å². The van der Waals surface area contributed by atoms with Crippen molar-refractivity contribution >= 4 is 21.4 Å². The minimum atomic E-state index is 0.190. The van der Waals surface area contributed by atoms with E-state index in [1.807, 2.05) is 11.3 Å². The quantitative estimate of drug-likeness (QED) is 0.497. The molecule has 1 aliphatic carbocycles. The molecule has 0 aliphatic heterocycles. The van der Waals surface area contributed by atoms with Crippen LogP contribution in [-0.4, -0.2) is 0 Å². The molecule has 0 spiro atoms. The van der Waals surface area contributed by atoms with Crippen LogP contribution in [0.25, 0.3) is 10.1 Å². The fraction of sp³-hybridized carbons (Fsp3) is 0.375. The van der Waals surface area contributed by atoms with E-state index in [0.717, 1.165) is 0 Å². The van der Waals surface area contributed by atoms with Crippen molar-refractivity contribution in [1.82, 2.24) is 5.43 Å². The number of hydrogen-bond donors (Lipinski definition) is 2. The second-order valence-electron chi connectivity index (χ2n) is 5.16. The molecule has 1 atom stereocenters. The van der Waals surface area contributed by atoms with Gasteiger partial charge < -0.3 is 0 Å². The van der Waals surface area contributed by atoms with Gasteiger partial charge in [-0.05, 0) is 43.2 Å². The van der Waals surface area contributed by atoms with Gasteiger partial charge in [-0.1, -0.05) is 36.3 Å². The number of nitrogens with two attached hydrogens (primary N) is 1. The Morgan fingerprint density at radius 2 is 2.05 bits per heavy atom. The highest BCUT2D eigenvalue weighted by Crippen LogP contribution is 2.35. The van der Waals surface area contributed by atoms with E-state index < -0.39 is 0 Å². The molecular weight excluding hydrogens is 252 g/mol. The zero-order valence-electron chi connectivity index (χ0n) is 11.1. The minimum absolute atomic E-state index is 0.190. The molecule has 3 N–H and O–H groups in total. The number of thiophene rings is 1. The van der Waals surface area contributed by atoms with Crippen molar-refractivity contribution in [3.05, 3.63) is 46.9 Å². The van der Waals surface area contributed by atoms with Crippen molar-refractivity contribution in [1.29, 1.82) is 0 Å². The summed E-state index contributed by atoms with van der Waals surface area (Å²) in [5, 5.41) is 1.32. The van der Waals surface area contributed by atoms with Gasteiger partial charge >= 0.3 is 0 Å². The molecule has 2 aromatic rings. The van der Waals surface area contributed by atoms with E-state index in [-0.39, 0.29) is 6.04 Å². The van der Waals surface area contributed by atoms with Gasteiger partial charge in [0.2, 0.25) is 0 Å². The Kier molecular flexibility index (Phi) is 3.97. The summed E-state index contributed by atoms with van der Waals surface area (Å²) < 4.78 is 1.34. The van der Waals surface area contributed by atoms with Gasteiger partial charge in [-0.2, -0.15) is 0 Å². The van der Waals surface area contributed by atoms with E-state index in [0.29, 0.717) is 0 Å². The molecule has 1 heterocycles. The molecule has 1 aromatic heterocycles. The standard InChI is InChI=1S/C16H20N2S/c17-18-16(12-7-3-1-2-4-8-12)15-11-13-9-5-6-10-14(13)19-15/h5-7,9-11,16,18H,1-4,8,17H2. The molecule has 0 radical (unpaired) electrons. The normalized spacial score (nSPS) is 18.1. The van der Waals surface area contributed by atoms with Crippen molar-refractivity contribution in [3.63, 3.8) is 0 Å². The molecule has 1 aromatic carbocycles. The first kappa shape index (κ1) is 12.9. The summed E-state index contributed by atoms with van der Waals surface area (Å²) in [5.41, 5.74) is 4.48. The van der Waals surface area contributed by atoms with Gasteiger partial charge in [-0.15, -0.1) is 11.3 Å². The maximum Gasteiger partial charge on any atom is 0.0763 e. The zero-order valence-corrected chi connectivity index (χ0v) is 11.9. The van der Waals surface area contributed by atoms with Crippen molar-refractivity contribution in [2.45, 2.75) is 38.1 Å². The van der Waals surface area contributed by atoms with Crippen molar-refractivity contribution < 1.29 is 0 Å². The van der Waals surface area contributed by atoms with E-state index in [9.17, 15) is 0 Å². The van der Waals surface area contributed by atoms with E-state index in [2.05, 4.69) is 41.8 Å². The Bertz CT molecular complexity index is 552. The second-order valence-corrected chi connectivity index (χ2v) is 6.28. The first-order valence-corrected chi connectivity index (χ1v) is 7.83. The van der Waals surface area contributed by atoms with E-state index in [1.165, 1.54) is 52.6 Å². The summed E-state index contributed by atoms with van der Waals surface area (Å²) in [6.07, 6.45) is 8.69. The average Bonchev–Trinajstić information content (AvgIpc) is 2.67. The Morgan fingerprint density at radius 3 is 2.89 bits per heavy atom. The van der Waals surface area contributed by atoms with Crippen LogP contribution in [0, 0.1) is 0 Å².